The lowest BCUT2D eigenvalue weighted by atomic mass is 10.2. The molecule has 0 fully saturated rings. The normalized spacial score (nSPS) is 14.3. The van der Waals surface area contributed by atoms with E-state index in [9.17, 15) is 9.59 Å². The van der Waals surface area contributed by atoms with Gasteiger partial charge in [0, 0.05) is 10.7 Å². The number of aryl methyl sites for hydroxylation is 1. The van der Waals surface area contributed by atoms with Crippen LogP contribution in [-0.2, 0) is 9.59 Å². The van der Waals surface area contributed by atoms with Crippen molar-refractivity contribution in [2.45, 2.75) is 6.92 Å². The number of halogens is 2. The zero-order chi connectivity index (χ0) is 18.1. The first-order valence-corrected chi connectivity index (χ1v) is 8.14. The predicted octanol–water partition coefficient (Wildman–Crippen LogP) is 4.09. The van der Waals surface area contributed by atoms with E-state index in [1.807, 2.05) is 6.92 Å². The summed E-state index contributed by atoms with van der Waals surface area (Å²) in [5.41, 5.74) is 1.79. The number of anilines is 2. The van der Waals surface area contributed by atoms with E-state index in [0.29, 0.717) is 22.1 Å². The van der Waals surface area contributed by atoms with Gasteiger partial charge in [0.15, 0.2) is 0 Å². The molecular weight excluding hydrogens is 363 g/mol. The quantitative estimate of drug-likeness (QED) is 0.816. The molecule has 0 spiro atoms. The largest absolute Gasteiger partial charge is 0.495 e. The van der Waals surface area contributed by atoms with Crippen molar-refractivity contribution in [1.29, 1.82) is 0 Å². The molecular formula is C18H14Cl2N2O3. The third kappa shape index (κ3) is 3.08. The zero-order valence-electron chi connectivity index (χ0n) is 13.5. The molecule has 0 atom stereocenters. The molecule has 0 saturated heterocycles. The molecule has 0 radical (unpaired) electrons. The summed E-state index contributed by atoms with van der Waals surface area (Å²) in [5, 5.41) is 3.24. The molecule has 2 amide bonds. The maximum atomic E-state index is 12.8. The molecule has 1 aliphatic heterocycles. The molecule has 2 aromatic carbocycles. The van der Waals surface area contributed by atoms with Gasteiger partial charge in [-0.05, 0) is 36.8 Å². The van der Waals surface area contributed by atoms with Gasteiger partial charge in [-0.3, -0.25) is 9.59 Å². The summed E-state index contributed by atoms with van der Waals surface area (Å²) in [6, 6.07) is 11.9. The highest BCUT2D eigenvalue weighted by atomic mass is 35.5. The number of benzene rings is 2. The number of imide groups is 1. The standard InChI is InChI=1S/C18H14Cl2N2O3/c1-10-7-8-11(9-12(10)19)21-16-15(20)17(23)22(18(16)24)13-5-3-4-6-14(13)25-2/h3-9,21H,1-2H3. The maximum Gasteiger partial charge on any atom is 0.283 e. The van der Waals surface area contributed by atoms with Gasteiger partial charge < -0.3 is 10.1 Å². The summed E-state index contributed by atoms with van der Waals surface area (Å²) in [4.78, 5) is 26.2. The molecule has 0 bridgehead atoms. The van der Waals surface area contributed by atoms with Crippen molar-refractivity contribution in [3.8, 4) is 5.75 Å². The molecule has 1 heterocycles. The van der Waals surface area contributed by atoms with E-state index in [4.69, 9.17) is 27.9 Å². The minimum atomic E-state index is -0.614. The minimum Gasteiger partial charge on any atom is -0.495 e. The average molecular weight is 377 g/mol. The number of para-hydroxylation sites is 2. The van der Waals surface area contributed by atoms with Crippen molar-refractivity contribution in [3.05, 3.63) is 63.8 Å². The number of amides is 2. The van der Waals surface area contributed by atoms with Crippen molar-refractivity contribution >= 4 is 46.4 Å². The topological polar surface area (TPSA) is 58.6 Å². The first-order chi connectivity index (χ1) is 11.9. The van der Waals surface area contributed by atoms with Crippen LogP contribution in [0.2, 0.25) is 5.02 Å². The number of methoxy groups -OCH3 is 1. The van der Waals surface area contributed by atoms with Crippen LogP contribution < -0.4 is 15.0 Å². The second-order valence-corrected chi connectivity index (χ2v) is 6.18. The lowest BCUT2D eigenvalue weighted by Crippen LogP contribution is -2.32. The lowest BCUT2D eigenvalue weighted by Gasteiger charge is -2.18. The van der Waals surface area contributed by atoms with Crippen LogP contribution in [0.15, 0.2) is 53.2 Å². The highest BCUT2D eigenvalue weighted by molar-refractivity contribution is 6.53. The van der Waals surface area contributed by atoms with Crippen molar-refractivity contribution < 1.29 is 14.3 Å². The molecule has 2 aromatic rings. The second kappa shape index (κ2) is 6.78. The molecule has 1 aliphatic rings. The fourth-order valence-corrected chi connectivity index (χ4v) is 2.85. The summed E-state index contributed by atoms with van der Waals surface area (Å²) < 4.78 is 5.23. The number of hydrogen-bond donors (Lipinski definition) is 1. The number of carbonyl (C=O) groups is 2. The van der Waals surface area contributed by atoms with Gasteiger partial charge in [-0.2, -0.15) is 0 Å². The van der Waals surface area contributed by atoms with Crippen LogP contribution in [0.4, 0.5) is 11.4 Å². The fraction of sp³-hybridized carbons (Fsp3) is 0.111. The molecule has 0 aliphatic carbocycles. The molecule has 0 aromatic heterocycles. The summed E-state index contributed by atoms with van der Waals surface area (Å²) in [7, 11) is 1.46. The van der Waals surface area contributed by atoms with E-state index in [2.05, 4.69) is 5.32 Å². The number of rotatable bonds is 4. The summed E-state index contributed by atoms with van der Waals surface area (Å²) >= 11 is 12.2. The van der Waals surface area contributed by atoms with Gasteiger partial charge in [0.05, 0.1) is 12.8 Å². The highest BCUT2D eigenvalue weighted by Gasteiger charge is 2.40. The first kappa shape index (κ1) is 17.3. The van der Waals surface area contributed by atoms with Gasteiger partial charge in [-0.1, -0.05) is 41.4 Å². The van der Waals surface area contributed by atoms with Gasteiger partial charge >= 0.3 is 0 Å². The Hall–Kier alpha value is -2.50. The number of hydrogen-bond acceptors (Lipinski definition) is 4. The number of carbonyl (C=O) groups excluding carboxylic acids is 2. The van der Waals surface area contributed by atoms with Gasteiger partial charge in [-0.15, -0.1) is 0 Å². The molecule has 7 heteroatoms. The Labute approximate surface area is 154 Å². The average Bonchev–Trinajstić information content (AvgIpc) is 2.81. The number of ether oxygens (including phenoxy) is 1. The van der Waals surface area contributed by atoms with E-state index >= 15 is 0 Å². The maximum absolute atomic E-state index is 12.8. The van der Waals surface area contributed by atoms with Gasteiger partial charge in [0.25, 0.3) is 11.8 Å². The van der Waals surface area contributed by atoms with Crippen LogP contribution in [0.25, 0.3) is 0 Å². The summed E-state index contributed by atoms with van der Waals surface area (Å²) in [6.07, 6.45) is 0. The summed E-state index contributed by atoms with van der Waals surface area (Å²) in [6.45, 7) is 1.87. The smallest absolute Gasteiger partial charge is 0.283 e. The van der Waals surface area contributed by atoms with Crippen molar-refractivity contribution in [2.24, 2.45) is 0 Å². The van der Waals surface area contributed by atoms with Crippen molar-refractivity contribution in [1.82, 2.24) is 0 Å². The molecule has 128 valence electrons. The Kier molecular flexibility index (Phi) is 4.70. The minimum absolute atomic E-state index is 0.00232. The van der Waals surface area contributed by atoms with E-state index in [1.54, 1.807) is 42.5 Å². The van der Waals surface area contributed by atoms with Crippen molar-refractivity contribution in [3.63, 3.8) is 0 Å². The Morgan fingerprint density at radius 2 is 1.76 bits per heavy atom. The van der Waals surface area contributed by atoms with E-state index in [1.165, 1.54) is 7.11 Å². The van der Waals surface area contributed by atoms with Crippen LogP contribution in [0, 0.1) is 6.92 Å². The van der Waals surface area contributed by atoms with Gasteiger partial charge in [0.1, 0.15) is 16.5 Å². The van der Waals surface area contributed by atoms with E-state index in [-0.39, 0.29) is 10.7 Å². The lowest BCUT2D eigenvalue weighted by molar-refractivity contribution is -0.120. The molecule has 25 heavy (non-hydrogen) atoms. The zero-order valence-corrected chi connectivity index (χ0v) is 15.0. The predicted molar refractivity (Wildman–Crippen MR) is 98.2 cm³/mol. The van der Waals surface area contributed by atoms with Crippen molar-refractivity contribution in [2.75, 3.05) is 17.3 Å². The molecule has 0 unspecified atom stereocenters. The van der Waals surface area contributed by atoms with Crippen LogP contribution in [0.3, 0.4) is 0 Å². The van der Waals surface area contributed by atoms with Crippen LogP contribution >= 0.6 is 23.2 Å². The Balaban J connectivity index is 1.95. The fourth-order valence-electron chi connectivity index (χ4n) is 2.46. The monoisotopic (exact) mass is 376 g/mol. The molecule has 0 saturated carbocycles. The Bertz CT molecular complexity index is 909. The van der Waals surface area contributed by atoms with Gasteiger partial charge in [-0.25, -0.2) is 4.90 Å². The Morgan fingerprint density at radius 3 is 2.44 bits per heavy atom. The third-order valence-corrected chi connectivity index (χ3v) is 4.55. The SMILES string of the molecule is COc1ccccc1N1C(=O)C(Cl)=C(Nc2ccc(C)c(Cl)c2)C1=O. The van der Waals surface area contributed by atoms with E-state index in [0.717, 1.165) is 10.5 Å². The van der Waals surface area contributed by atoms with Crippen LogP contribution in [0.1, 0.15) is 5.56 Å². The Morgan fingerprint density at radius 1 is 1.04 bits per heavy atom. The molecule has 5 nitrogen and oxygen atoms in total. The second-order valence-electron chi connectivity index (χ2n) is 5.40. The van der Waals surface area contributed by atoms with E-state index < -0.39 is 11.8 Å². The third-order valence-electron chi connectivity index (χ3n) is 3.79. The number of nitrogens with one attached hydrogen (secondary N) is 1. The highest BCUT2D eigenvalue weighted by Crippen LogP contribution is 2.35. The first-order valence-electron chi connectivity index (χ1n) is 7.38. The van der Waals surface area contributed by atoms with Gasteiger partial charge in [0.2, 0.25) is 0 Å². The summed E-state index contributed by atoms with van der Waals surface area (Å²) in [5.74, 6) is -0.777. The van der Waals surface area contributed by atoms with Crippen LogP contribution in [-0.4, -0.2) is 18.9 Å². The van der Waals surface area contributed by atoms with Crippen LogP contribution in [0.5, 0.6) is 5.75 Å². The molecule has 3 rings (SSSR count). The number of nitrogens with zero attached hydrogens (tertiary/aromatic N) is 1. The molecule has 1 N–H and O–H groups in total.